The predicted octanol–water partition coefficient (Wildman–Crippen LogP) is -0.239. The predicted molar refractivity (Wildman–Crippen MR) is 52.1 cm³/mol. The highest BCUT2D eigenvalue weighted by molar-refractivity contribution is 4.87. The van der Waals surface area contributed by atoms with Crippen LogP contribution in [0.5, 0.6) is 0 Å². The van der Waals surface area contributed by atoms with E-state index in [1.165, 1.54) is 0 Å². The Bertz CT molecular complexity index is 188. The minimum Gasteiger partial charge on any atom is -0.393 e. The second kappa shape index (κ2) is 4.57. The third kappa shape index (κ3) is 2.25. The van der Waals surface area contributed by atoms with Gasteiger partial charge in [0.1, 0.15) is 0 Å². The summed E-state index contributed by atoms with van der Waals surface area (Å²) in [5.74, 6) is 0.187. The summed E-state index contributed by atoms with van der Waals surface area (Å²) < 4.78 is 10.9. The fraction of sp³-hybridized carbons (Fsp3) is 1.00. The maximum Gasteiger partial charge on any atom is 0.0628 e. The molecule has 2 saturated heterocycles. The zero-order chi connectivity index (χ0) is 9.97. The highest BCUT2D eigenvalue weighted by Gasteiger charge is 2.33. The Morgan fingerprint density at radius 3 is 2.79 bits per heavy atom. The molecule has 0 aromatic rings. The topological polar surface area (TPSA) is 50.7 Å². The number of morpholine rings is 1. The number of aliphatic hydroxyl groups is 1. The number of hydrogen-bond donors (Lipinski definition) is 2. The molecule has 2 heterocycles. The molecule has 2 N–H and O–H groups in total. The van der Waals surface area contributed by atoms with Crippen molar-refractivity contribution in [2.24, 2.45) is 5.92 Å². The van der Waals surface area contributed by atoms with Crippen LogP contribution in [0.25, 0.3) is 0 Å². The molecule has 0 aromatic heterocycles. The van der Waals surface area contributed by atoms with Crippen LogP contribution in [0.3, 0.4) is 0 Å². The van der Waals surface area contributed by atoms with Gasteiger partial charge in [0, 0.05) is 24.6 Å². The molecule has 14 heavy (non-hydrogen) atoms. The van der Waals surface area contributed by atoms with Crippen molar-refractivity contribution in [3.8, 4) is 0 Å². The molecule has 0 amide bonds. The summed E-state index contributed by atoms with van der Waals surface area (Å²) in [5, 5.41) is 13.3. The molecule has 2 rings (SSSR count). The van der Waals surface area contributed by atoms with Crippen molar-refractivity contribution in [3.63, 3.8) is 0 Å². The number of hydrogen-bond acceptors (Lipinski definition) is 4. The first-order chi connectivity index (χ1) is 6.77. The molecule has 4 unspecified atom stereocenters. The average molecular weight is 201 g/mol. The van der Waals surface area contributed by atoms with E-state index in [0.717, 1.165) is 13.0 Å². The highest BCUT2D eigenvalue weighted by atomic mass is 16.5. The molecule has 4 atom stereocenters. The maximum atomic E-state index is 9.83. The fourth-order valence-electron chi connectivity index (χ4n) is 2.21. The van der Waals surface area contributed by atoms with E-state index in [9.17, 15) is 5.11 Å². The molecule has 0 radical (unpaired) electrons. The van der Waals surface area contributed by atoms with Gasteiger partial charge in [-0.3, -0.25) is 0 Å². The van der Waals surface area contributed by atoms with Crippen LogP contribution < -0.4 is 5.32 Å². The van der Waals surface area contributed by atoms with Crippen molar-refractivity contribution in [2.75, 3.05) is 26.4 Å². The zero-order valence-electron chi connectivity index (χ0n) is 8.61. The van der Waals surface area contributed by atoms with Gasteiger partial charge in [0.2, 0.25) is 0 Å². The lowest BCUT2D eigenvalue weighted by Crippen LogP contribution is -2.55. The van der Waals surface area contributed by atoms with Gasteiger partial charge in [-0.1, -0.05) is 0 Å². The molecule has 2 aliphatic rings. The highest BCUT2D eigenvalue weighted by Crippen LogP contribution is 2.20. The molecule has 2 aliphatic heterocycles. The number of rotatable bonds is 1. The quantitative estimate of drug-likeness (QED) is 0.615. The van der Waals surface area contributed by atoms with Crippen molar-refractivity contribution in [1.29, 1.82) is 0 Å². The molecule has 4 nitrogen and oxygen atoms in total. The average Bonchev–Trinajstić information content (AvgIpc) is 2.18. The summed E-state index contributed by atoms with van der Waals surface area (Å²) in [7, 11) is 0. The minimum absolute atomic E-state index is 0.187. The first-order valence-electron chi connectivity index (χ1n) is 5.37. The molecular weight excluding hydrogens is 182 g/mol. The van der Waals surface area contributed by atoms with Gasteiger partial charge in [0.05, 0.1) is 25.9 Å². The number of ether oxygens (including phenoxy) is 2. The van der Waals surface area contributed by atoms with Crippen molar-refractivity contribution >= 4 is 0 Å². The van der Waals surface area contributed by atoms with Crippen molar-refractivity contribution in [3.05, 3.63) is 0 Å². The Hall–Kier alpha value is -0.160. The maximum absolute atomic E-state index is 9.83. The fourth-order valence-corrected chi connectivity index (χ4v) is 2.21. The largest absolute Gasteiger partial charge is 0.393 e. The Morgan fingerprint density at radius 2 is 2.07 bits per heavy atom. The van der Waals surface area contributed by atoms with Crippen LogP contribution in [0.4, 0.5) is 0 Å². The summed E-state index contributed by atoms with van der Waals surface area (Å²) in [4.78, 5) is 0. The Kier molecular flexibility index (Phi) is 3.38. The van der Waals surface area contributed by atoms with Crippen LogP contribution in [-0.2, 0) is 9.47 Å². The van der Waals surface area contributed by atoms with Gasteiger partial charge in [0.25, 0.3) is 0 Å². The van der Waals surface area contributed by atoms with E-state index < -0.39 is 0 Å². The molecule has 0 spiro atoms. The van der Waals surface area contributed by atoms with E-state index >= 15 is 0 Å². The molecule has 82 valence electrons. The van der Waals surface area contributed by atoms with Gasteiger partial charge in [-0.15, -0.1) is 0 Å². The molecule has 2 fully saturated rings. The molecular formula is C10H19NO3. The molecule has 0 aliphatic carbocycles. The SMILES string of the molecule is CC1COCC(C2COCCC2O)N1. The Labute approximate surface area is 84.6 Å². The van der Waals surface area contributed by atoms with Crippen LogP contribution in [-0.4, -0.2) is 49.7 Å². The van der Waals surface area contributed by atoms with Gasteiger partial charge in [-0.25, -0.2) is 0 Å². The van der Waals surface area contributed by atoms with Crippen LogP contribution >= 0.6 is 0 Å². The van der Waals surface area contributed by atoms with E-state index in [0.29, 0.717) is 25.9 Å². The smallest absolute Gasteiger partial charge is 0.0628 e. The third-order valence-corrected chi connectivity index (χ3v) is 3.04. The molecule has 0 bridgehead atoms. The van der Waals surface area contributed by atoms with Crippen LogP contribution in [0.2, 0.25) is 0 Å². The first-order valence-corrected chi connectivity index (χ1v) is 5.37. The first kappa shape index (κ1) is 10.4. The third-order valence-electron chi connectivity index (χ3n) is 3.04. The standard InChI is InChI=1S/C10H19NO3/c1-7-4-14-6-9(11-7)8-5-13-3-2-10(8)12/h7-12H,2-6H2,1H3. The van der Waals surface area contributed by atoms with Gasteiger partial charge < -0.3 is 19.9 Å². The van der Waals surface area contributed by atoms with Crippen LogP contribution in [0.15, 0.2) is 0 Å². The van der Waals surface area contributed by atoms with Crippen molar-refractivity contribution in [1.82, 2.24) is 5.32 Å². The summed E-state index contributed by atoms with van der Waals surface area (Å²) in [6, 6.07) is 0.622. The van der Waals surface area contributed by atoms with Crippen LogP contribution in [0, 0.1) is 5.92 Å². The second-order valence-corrected chi connectivity index (χ2v) is 4.31. The van der Waals surface area contributed by atoms with E-state index in [4.69, 9.17) is 9.47 Å². The number of aliphatic hydroxyl groups excluding tert-OH is 1. The number of nitrogens with one attached hydrogen (secondary N) is 1. The molecule has 0 aromatic carbocycles. The van der Waals surface area contributed by atoms with E-state index in [1.54, 1.807) is 0 Å². The zero-order valence-corrected chi connectivity index (χ0v) is 8.61. The van der Waals surface area contributed by atoms with Gasteiger partial charge >= 0.3 is 0 Å². The summed E-state index contributed by atoms with van der Waals surface area (Å²) in [6.45, 7) is 4.88. The second-order valence-electron chi connectivity index (χ2n) is 4.31. The Balaban J connectivity index is 1.91. The summed E-state index contributed by atoms with van der Waals surface area (Å²) in [5.41, 5.74) is 0. The van der Waals surface area contributed by atoms with Gasteiger partial charge in [0.15, 0.2) is 0 Å². The van der Waals surface area contributed by atoms with Gasteiger partial charge in [-0.2, -0.15) is 0 Å². The summed E-state index contributed by atoms with van der Waals surface area (Å²) in [6.07, 6.45) is 0.507. The lowest BCUT2D eigenvalue weighted by atomic mass is 9.90. The minimum atomic E-state index is -0.241. The normalized spacial score (nSPS) is 45.0. The lowest BCUT2D eigenvalue weighted by Gasteiger charge is -2.38. The van der Waals surface area contributed by atoms with Gasteiger partial charge in [-0.05, 0) is 13.3 Å². The van der Waals surface area contributed by atoms with Crippen molar-refractivity contribution in [2.45, 2.75) is 31.5 Å². The van der Waals surface area contributed by atoms with Crippen LogP contribution in [0.1, 0.15) is 13.3 Å². The monoisotopic (exact) mass is 201 g/mol. The van der Waals surface area contributed by atoms with E-state index in [2.05, 4.69) is 12.2 Å². The summed E-state index contributed by atoms with van der Waals surface area (Å²) >= 11 is 0. The Morgan fingerprint density at radius 1 is 1.21 bits per heavy atom. The van der Waals surface area contributed by atoms with Crippen molar-refractivity contribution < 1.29 is 14.6 Å². The molecule has 0 saturated carbocycles. The van der Waals surface area contributed by atoms with E-state index in [-0.39, 0.29) is 18.1 Å². The molecule has 4 heteroatoms. The van der Waals surface area contributed by atoms with E-state index in [1.807, 2.05) is 0 Å². The lowest BCUT2D eigenvalue weighted by molar-refractivity contribution is -0.0749.